The summed E-state index contributed by atoms with van der Waals surface area (Å²) in [6.07, 6.45) is 1.14. The molecular weight excluding hydrogens is 302 g/mol. The first kappa shape index (κ1) is 13.1. The van der Waals surface area contributed by atoms with Gasteiger partial charge < -0.3 is 9.88 Å². The lowest BCUT2D eigenvalue weighted by atomic mass is 9.97. The molecule has 0 spiro atoms. The van der Waals surface area contributed by atoms with E-state index in [-0.39, 0.29) is 0 Å². The number of imidazole rings is 1. The molecule has 0 amide bonds. The van der Waals surface area contributed by atoms with Crippen LogP contribution in [0.2, 0.25) is 0 Å². The number of rotatable bonds is 3. The minimum absolute atomic E-state index is 0.540. The summed E-state index contributed by atoms with van der Waals surface area (Å²) in [5.74, 6) is 2.46. The van der Waals surface area contributed by atoms with Crippen molar-refractivity contribution in [2.45, 2.75) is 32.7 Å². The molecular formula is C15H20BrN3. The summed E-state index contributed by atoms with van der Waals surface area (Å²) in [5, 5.41) is 3.48. The van der Waals surface area contributed by atoms with Gasteiger partial charge in [0.25, 0.3) is 0 Å². The van der Waals surface area contributed by atoms with Crippen molar-refractivity contribution in [2.75, 3.05) is 13.1 Å². The van der Waals surface area contributed by atoms with Crippen LogP contribution < -0.4 is 5.32 Å². The van der Waals surface area contributed by atoms with Crippen LogP contribution >= 0.6 is 15.9 Å². The number of hydrogen-bond acceptors (Lipinski definition) is 2. The minimum Gasteiger partial charge on any atom is -0.328 e. The zero-order valence-electron chi connectivity index (χ0n) is 11.5. The largest absolute Gasteiger partial charge is 0.328 e. The Morgan fingerprint density at radius 1 is 1.42 bits per heavy atom. The molecule has 2 heterocycles. The van der Waals surface area contributed by atoms with E-state index in [4.69, 9.17) is 4.98 Å². The summed E-state index contributed by atoms with van der Waals surface area (Å²) in [6, 6.07) is 6.41. The molecule has 3 nitrogen and oxygen atoms in total. The van der Waals surface area contributed by atoms with Crippen LogP contribution in [0.1, 0.15) is 32.0 Å². The SMILES string of the molecule is CCCn1c(C2CNCC2C)nc2cc(Br)ccc21. The lowest BCUT2D eigenvalue weighted by molar-refractivity contribution is 0.514. The van der Waals surface area contributed by atoms with Crippen molar-refractivity contribution in [3.63, 3.8) is 0 Å². The van der Waals surface area contributed by atoms with E-state index in [2.05, 4.69) is 57.9 Å². The zero-order valence-corrected chi connectivity index (χ0v) is 13.1. The predicted octanol–water partition coefficient (Wildman–Crippen LogP) is 3.53. The first-order chi connectivity index (χ1) is 9.20. The van der Waals surface area contributed by atoms with Crippen molar-refractivity contribution >= 4 is 27.0 Å². The number of benzene rings is 1. The van der Waals surface area contributed by atoms with Crippen LogP contribution in [0.5, 0.6) is 0 Å². The van der Waals surface area contributed by atoms with Gasteiger partial charge in [-0.3, -0.25) is 0 Å². The van der Waals surface area contributed by atoms with Crippen LogP contribution in [-0.2, 0) is 6.54 Å². The number of aromatic nitrogens is 2. The molecule has 1 aromatic carbocycles. The van der Waals surface area contributed by atoms with Crippen LogP contribution in [-0.4, -0.2) is 22.6 Å². The molecule has 3 rings (SSSR count). The topological polar surface area (TPSA) is 29.9 Å². The van der Waals surface area contributed by atoms with Gasteiger partial charge in [-0.15, -0.1) is 0 Å². The highest BCUT2D eigenvalue weighted by Gasteiger charge is 2.29. The minimum atomic E-state index is 0.540. The molecule has 4 heteroatoms. The first-order valence-corrected chi connectivity index (χ1v) is 7.86. The number of nitrogens with zero attached hydrogens (tertiary/aromatic N) is 2. The second kappa shape index (κ2) is 5.25. The molecule has 0 bridgehead atoms. The smallest absolute Gasteiger partial charge is 0.114 e. The van der Waals surface area contributed by atoms with Gasteiger partial charge in [-0.25, -0.2) is 4.98 Å². The number of halogens is 1. The van der Waals surface area contributed by atoms with Gasteiger partial charge in [0.15, 0.2) is 0 Å². The second-order valence-corrected chi connectivity index (χ2v) is 6.41. The third-order valence-corrected chi connectivity index (χ3v) is 4.53. The van der Waals surface area contributed by atoms with Gasteiger partial charge in [0.2, 0.25) is 0 Å². The maximum atomic E-state index is 4.92. The van der Waals surface area contributed by atoms with E-state index in [0.717, 1.165) is 36.0 Å². The maximum absolute atomic E-state index is 4.92. The summed E-state index contributed by atoms with van der Waals surface area (Å²) < 4.78 is 3.51. The van der Waals surface area contributed by atoms with E-state index < -0.39 is 0 Å². The molecule has 0 aliphatic carbocycles. The lowest BCUT2D eigenvalue weighted by Crippen LogP contribution is -2.15. The molecule has 1 aliphatic rings. The highest BCUT2D eigenvalue weighted by Crippen LogP contribution is 2.31. The second-order valence-electron chi connectivity index (χ2n) is 5.50. The van der Waals surface area contributed by atoms with E-state index in [9.17, 15) is 0 Å². The number of fused-ring (bicyclic) bond motifs is 1. The summed E-state index contributed by atoms with van der Waals surface area (Å²) >= 11 is 3.54. The number of nitrogens with one attached hydrogen (secondary N) is 1. The quantitative estimate of drug-likeness (QED) is 0.937. The van der Waals surface area contributed by atoms with Crippen LogP contribution in [0.25, 0.3) is 11.0 Å². The Balaban J connectivity index is 2.13. The molecule has 0 radical (unpaired) electrons. The molecule has 2 unspecified atom stereocenters. The predicted molar refractivity (Wildman–Crippen MR) is 82.5 cm³/mol. The fourth-order valence-corrected chi connectivity index (χ4v) is 3.37. The van der Waals surface area contributed by atoms with Gasteiger partial charge in [-0.2, -0.15) is 0 Å². The number of aryl methyl sites for hydroxylation is 1. The standard InChI is InChI=1S/C15H20BrN3/c1-3-6-19-14-5-4-11(16)7-13(14)18-15(19)12-9-17-8-10(12)2/h4-5,7,10,12,17H,3,6,8-9H2,1-2H3. The Labute approximate surface area is 122 Å². The molecule has 1 N–H and O–H groups in total. The lowest BCUT2D eigenvalue weighted by Gasteiger charge is -2.16. The van der Waals surface area contributed by atoms with Gasteiger partial charge in [-0.1, -0.05) is 29.8 Å². The maximum Gasteiger partial charge on any atom is 0.114 e. The monoisotopic (exact) mass is 321 g/mol. The fraction of sp³-hybridized carbons (Fsp3) is 0.533. The van der Waals surface area contributed by atoms with Gasteiger partial charge in [0, 0.05) is 23.5 Å². The van der Waals surface area contributed by atoms with E-state index in [0.29, 0.717) is 11.8 Å². The highest BCUT2D eigenvalue weighted by atomic mass is 79.9. The third kappa shape index (κ3) is 2.32. The van der Waals surface area contributed by atoms with Crippen molar-refractivity contribution < 1.29 is 0 Å². The van der Waals surface area contributed by atoms with Crippen molar-refractivity contribution in [3.05, 3.63) is 28.5 Å². The molecule has 1 aromatic heterocycles. The Morgan fingerprint density at radius 3 is 2.95 bits per heavy atom. The van der Waals surface area contributed by atoms with Crippen LogP contribution in [0, 0.1) is 5.92 Å². The molecule has 1 aliphatic heterocycles. The van der Waals surface area contributed by atoms with E-state index in [1.54, 1.807) is 0 Å². The molecule has 2 atom stereocenters. The summed E-state index contributed by atoms with van der Waals surface area (Å²) in [5.41, 5.74) is 2.37. The molecule has 1 fully saturated rings. The fourth-order valence-electron chi connectivity index (χ4n) is 3.02. The van der Waals surface area contributed by atoms with E-state index >= 15 is 0 Å². The van der Waals surface area contributed by atoms with Crippen molar-refractivity contribution in [1.29, 1.82) is 0 Å². The summed E-state index contributed by atoms with van der Waals surface area (Å²) in [6.45, 7) is 7.75. The zero-order chi connectivity index (χ0) is 13.4. The van der Waals surface area contributed by atoms with Crippen molar-refractivity contribution in [3.8, 4) is 0 Å². The summed E-state index contributed by atoms with van der Waals surface area (Å²) in [4.78, 5) is 4.92. The molecule has 102 valence electrons. The van der Waals surface area contributed by atoms with E-state index in [1.807, 2.05) is 0 Å². The Kier molecular flexibility index (Phi) is 3.63. The van der Waals surface area contributed by atoms with Crippen LogP contribution in [0.4, 0.5) is 0 Å². The van der Waals surface area contributed by atoms with Crippen LogP contribution in [0.3, 0.4) is 0 Å². The van der Waals surface area contributed by atoms with Crippen LogP contribution in [0.15, 0.2) is 22.7 Å². The van der Waals surface area contributed by atoms with Gasteiger partial charge in [0.05, 0.1) is 11.0 Å². The average molecular weight is 322 g/mol. The molecule has 2 aromatic rings. The number of hydrogen-bond donors (Lipinski definition) is 1. The normalized spacial score (nSPS) is 23.3. The molecule has 1 saturated heterocycles. The third-order valence-electron chi connectivity index (χ3n) is 4.04. The first-order valence-electron chi connectivity index (χ1n) is 7.07. The van der Waals surface area contributed by atoms with Gasteiger partial charge in [0.1, 0.15) is 5.82 Å². The van der Waals surface area contributed by atoms with Crippen molar-refractivity contribution in [2.24, 2.45) is 5.92 Å². The molecule has 19 heavy (non-hydrogen) atoms. The highest BCUT2D eigenvalue weighted by molar-refractivity contribution is 9.10. The average Bonchev–Trinajstić information content (AvgIpc) is 2.94. The van der Waals surface area contributed by atoms with Gasteiger partial charge in [-0.05, 0) is 37.1 Å². The van der Waals surface area contributed by atoms with Crippen molar-refractivity contribution in [1.82, 2.24) is 14.9 Å². The Morgan fingerprint density at radius 2 is 2.26 bits per heavy atom. The Hall–Kier alpha value is -0.870. The Bertz CT molecular complexity index is 590. The molecule has 0 saturated carbocycles. The summed E-state index contributed by atoms with van der Waals surface area (Å²) in [7, 11) is 0. The van der Waals surface area contributed by atoms with E-state index in [1.165, 1.54) is 11.3 Å². The van der Waals surface area contributed by atoms with Gasteiger partial charge >= 0.3 is 0 Å².